The molecule has 0 aliphatic heterocycles. The van der Waals surface area contributed by atoms with Gasteiger partial charge in [-0.25, -0.2) is 0 Å². The summed E-state index contributed by atoms with van der Waals surface area (Å²) in [7, 11) is 0. The van der Waals surface area contributed by atoms with Gasteiger partial charge in [-0.1, -0.05) is 0 Å². The molecule has 0 saturated carbocycles. The summed E-state index contributed by atoms with van der Waals surface area (Å²) < 4.78 is 6.38. The van der Waals surface area contributed by atoms with Gasteiger partial charge in [0, 0.05) is 0 Å². The second-order valence-electron chi connectivity index (χ2n) is 4.26. The van der Waals surface area contributed by atoms with Gasteiger partial charge in [0.2, 0.25) is 0 Å². The minimum atomic E-state index is -1.89. The molecule has 0 aromatic carbocycles. The average molecular weight is 257 g/mol. The van der Waals surface area contributed by atoms with Crippen molar-refractivity contribution in [3.8, 4) is 0 Å². The van der Waals surface area contributed by atoms with Crippen molar-refractivity contribution >= 4 is 13.6 Å². The molecule has 0 radical (unpaired) electrons. The van der Waals surface area contributed by atoms with Crippen molar-refractivity contribution in [2.45, 2.75) is 62.2 Å². The van der Waals surface area contributed by atoms with Crippen LogP contribution >= 0.6 is 0 Å². The molecule has 0 aromatic heterocycles. The van der Waals surface area contributed by atoms with Gasteiger partial charge >= 0.3 is 91.4 Å². The molecule has 0 unspecified atom stereocenters. The third-order valence-corrected chi connectivity index (χ3v) is 13.1. The van der Waals surface area contributed by atoms with Crippen molar-refractivity contribution < 1.29 is 3.76 Å². The Labute approximate surface area is 91.6 Å². The van der Waals surface area contributed by atoms with Crippen LogP contribution in [0.1, 0.15) is 46.5 Å². The number of allylic oxidation sites excluding steroid dienone is 2. The van der Waals surface area contributed by atoms with Crippen LogP contribution in [0.5, 0.6) is 0 Å². The minimum absolute atomic E-state index is 1.20. The van der Waals surface area contributed by atoms with Gasteiger partial charge < -0.3 is 0 Å². The average Bonchev–Trinajstić information content (AvgIpc) is 2.28. The molecule has 1 aliphatic rings. The second-order valence-corrected chi connectivity index (χ2v) is 14.1. The predicted octanol–water partition coefficient (Wildman–Crippen LogP) is 4.47. The molecule has 0 fully saturated rings. The Morgan fingerprint density at radius 2 is 1.79 bits per heavy atom. The molecule has 0 amide bonds. The van der Waals surface area contributed by atoms with Crippen LogP contribution in [0, 0.1) is 0 Å². The molecule has 1 aliphatic carbocycles. The van der Waals surface area contributed by atoms with E-state index in [2.05, 4.69) is 26.8 Å². The van der Waals surface area contributed by atoms with E-state index >= 15 is 0 Å². The Kier molecular flexibility index (Phi) is 5.07. The molecule has 1 rings (SSSR count). The van der Waals surface area contributed by atoms with Crippen molar-refractivity contribution in [3.63, 3.8) is 0 Å². The van der Waals surface area contributed by atoms with E-state index in [-0.39, 0.29) is 0 Å². The Hall–Kier alpha value is 0.0829. The topological polar surface area (TPSA) is 9.23 Å². The molecule has 0 aromatic rings. The van der Waals surface area contributed by atoms with Gasteiger partial charge in [0.05, 0.1) is 0 Å². The summed E-state index contributed by atoms with van der Waals surface area (Å²) in [5.41, 5.74) is 0. The third kappa shape index (κ3) is 3.04. The molecule has 0 bridgehead atoms. The third-order valence-electron chi connectivity index (χ3n) is 3.53. The SMILES string of the molecule is C[CH2][Ge]([CH2]C)([CH2]C)[O]C1=CCCCC1. The first-order valence-corrected chi connectivity index (χ1v) is 11.4. The van der Waals surface area contributed by atoms with Crippen LogP contribution in [0.3, 0.4) is 0 Å². The van der Waals surface area contributed by atoms with E-state index in [4.69, 9.17) is 3.76 Å². The van der Waals surface area contributed by atoms with Crippen molar-refractivity contribution in [2.75, 3.05) is 0 Å². The summed E-state index contributed by atoms with van der Waals surface area (Å²) in [6.45, 7) is 6.95. The standard InChI is InChI=1S/C12H24GeO/c1-4-13(5-2,6-3)14-12-10-8-7-9-11-12/h10H,4-9,11H2,1-3H3. The molecule has 14 heavy (non-hydrogen) atoms. The monoisotopic (exact) mass is 258 g/mol. The van der Waals surface area contributed by atoms with Gasteiger partial charge in [0.25, 0.3) is 0 Å². The first kappa shape index (κ1) is 12.2. The van der Waals surface area contributed by atoms with Crippen molar-refractivity contribution in [2.24, 2.45) is 0 Å². The van der Waals surface area contributed by atoms with E-state index in [1.165, 1.54) is 47.2 Å². The first-order chi connectivity index (χ1) is 6.76. The number of hydrogen-bond donors (Lipinski definition) is 0. The van der Waals surface area contributed by atoms with Gasteiger partial charge in [-0.3, -0.25) is 0 Å². The fraction of sp³-hybridized carbons (Fsp3) is 0.833. The van der Waals surface area contributed by atoms with Crippen molar-refractivity contribution in [1.82, 2.24) is 0 Å². The quantitative estimate of drug-likeness (QED) is 0.660. The van der Waals surface area contributed by atoms with Crippen LogP contribution in [0.15, 0.2) is 11.8 Å². The summed E-state index contributed by atoms with van der Waals surface area (Å²) in [5, 5.41) is 3.93. The molecule has 0 N–H and O–H groups in total. The van der Waals surface area contributed by atoms with Crippen LogP contribution < -0.4 is 0 Å². The van der Waals surface area contributed by atoms with E-state index in [0.29, 0.717) is 0 Å². The zero-order valence-corrected chi connectivity index (χ0v) is 12.0. The summed E-state index contributed by atoms with van der Waals surface area (Å²) >= 11 is -1.89. The predicted molar refractivity (Wildman–Crippen MR) is 64.8 cm³/mol. The van der Waals surface area contributed by atoms with E-state index in [1.54, 1.807) is 0 Å². The Bertz CT molecular complexity index is 186. The Morgan fingerprint density at radius 1 is 1.14 bits per heavy atom. The normalized spacial score (nSPS) is 17.8. The van der Waals surface area contributed by atoms with E-state index in [9.17, 15) is 0 Å². The van der Waals surface area contributed by atoms with Crippen molar-refractivity contribution in [3.05, 3.63) is 11.8 Å². The molecule has 1 nitrogen and oxygen atoms in total. The van der Waals surface area contributed by atoms with Crippen LogP contribution in [0.2, 0.25) is 15.8 Å². The molecule has 0 atom stereocenters. The van der Waals surface area contributed by atoms with Gasteiger partial charge in [-0.15, -0.1) is 0 Å². The molecular formula is C12H24GeO. The first-order valence-electron chi connectivity index (χ1n) is 6.14. The fourth-order valence-corrected chi connectivity index (χ4v) is 7.76. The van der Waals surface area contributed by atoms with Gasteiger partial charge in [-0.05, 0) is 0 Å². The fourth-order valence-electron chi connectivity index (χ4n) is 2.15. The van der Waals surface area contributed by atoms with Gasteiger partial charge in [0.15, 0.2) is 0 Å². The van der Waals surface area contributed by atoms with Gasteiger partial charge in [0.1, 0.15) is 0 Å². The number of rotatable bonds is 5. The maximum atomic E-state index is 6.38. The van der Waals surface area contributed by atoms with E-state index in [0.717, 1.165) is 0 Å². The summed E-state index contributed by atoms with van der Waals surface area (Å²) in [6, 6.07) is 0. The maximum absolute atomic E-state index is 6.38. The molecule has 2 heteroatoms. The molecule has 0 spiro atoms. The zero-order valence-electron chi connectivity index (χ0n) is 9.94. The molecule has 82 valence electrons. The van der Waals surface area contributed by atoms with Crippen LogP contribution in [0.25, 0.3) is 0 Å². The van der Waals surface area contributed by atoms with Crippen LogP contribution in [-0.4, -0.2) is 13.6 Å². The zero-order chi connectivity index (χ0) is 10.4. The van der Waals surface area contributed by atoms with Gasteiger partial charge in [-0.2, -0.15) is 0 Å². The summed E-state index contributed by atoms with van der Waals surface area (Å²) in [5.74, 6) is 1.34. The Morgan fingerprint density at radius 3 is 2.21 bits per heavy atom. The van der Waals surface area contributed by atoms with E-state index < -0.39 is 13.6 Å². The summed E-state index contributed by atoms with van der Waals surface area (Å²) in [6.07, 6.45) is 7.47. The van der Waals surface area contributed by atoms with Crippen molar-refractivity contribution in [1.29, 1.82) is 0 Å². The van der Waals surface area contributed by atoms with Crippen LogP contribution in [-0.2, 0) is 3.76 Å². The second kappa shape index (κ2) is 5.84. The molecule has 0 heterocycles. The van der Waals surface area contributed by atoms with E-state index in [1.807, 2.05) is 0 Å². The Balaban J connectivity index is 2.57. The number of hydrogen-bond acceptors (Lipinski definition) is 1. The molecular weight excluding hydrogens is 233 g/mol. The summed E-state index contributed by atoms with van der Waals surface area (Å²) in [4.78, 5) is 0. The molecule has 0 saturated heterocycles. The van der Waals surface area contributed by atoms with Crippen LogP contribution in [0.4, 0.5) is 0 Å².